The lowest BCUT2D eigenvalue weighted by Crippen LogP contribution is -2.30. The van der Waals surface area contributed by atoms with Crippen molar-refractivity contribution in [2.45, 2.75) is 12.2 Å². The third-order valence-electron chi connectivity index (χ3n) is 3.88. The number of hydrogen-bond acceptors (Lipinski definition) is 5. The number of nitrogens with zero attached hydrogens (tertiary/aromatic N) is 3. The maximum atomic E-state index is 12.7. The summed E-state index contributed by atoms with van der Waals surface area (Å²) in [6.45, 7) is 2.54. The van der Waals surface area contributed by atoms with Gasteiger partial charge in [-0.25, -0.2) is 4.99 Å². The third kappa shape index (κ3) is 4.92. The molecular weight excluding hydrogens is 421 g/mol. The fourth-order valence-corrected chi connectivity index (χ4v) is 3.89. The minimum Gasteiger partial charge on any atom is -0.287 e. The van der Waals surface area contributed by atoms with Crippen molar-refractivity contribution in [3.63, 3.8) is 0 Å². The van der Waals surface area contributed by atoms with E-state index in [1.54, 1.807) is 35.2 Å². The summed E-state index contributed by atoms with van der Waals surface area (Å²) in [5.74, 6) is -0.248. The van der Waals surface area contributed by atoms with Gasteiger partial charge in [-0.05, 0) is 42.0 Å². The first kappa shape index (κ1) is 20.4. The van der Waals surface area contributed by atoms with E-state index in [1.807, 2.05) is 6.92 Å². The zero-order valence-electron chi connectivity index (χ0n) is 14.7. The van der Waals surface area contributed by atoms with Crippen LogP contribution in [-0.4, -0.2) is 32.7 Å². The van der Waals surface area contributed by atoms with Gasteiger partial charge in [0.25, 0.3) is 11.6 Å². The van der Waals surface area contributed by atoms with E-state index < -0.39 is 4.92 Å². The van der Waals surface area contributed by atoms with E-state index in [2.05, 4.69) is 4.99 Å². The Bertz CT molecular complexity index is 977. The molecule has 6 nitrogen and oxygen atoms in total. The molecule has 1 aliphatic heterocycles. The summed E-state index contributed by atoms with van der Waals surface area (Å²) < 4.78 is 0. The zero-order valence-corrected chi connectivity index (χ0v) is 17.0. The van der Waals surface area contributed by atoms with Crippen molar-refractivity contribution in [2.75, 3.05) is 6.54 Å². The maximum absolute atomic E-state index is 12.7. The number of nitro benzene ring substituents is 1. The van der Waals surface area contributed by atoms with Crippen LogP contribution in [0.5, 0.6) is 0 Å². The summed E-state index contributed by atoms with van der Waals surface area (Å²) in [6, 6.07) is 11.4. The molecule has 0 bridgehead atoms. The summed E-state index contributed by atoms with van der Waals surface area (Å²) in [4.78, 5) is 29.2. The highest BCUT2D eigenvalue weighted by molar-refractivity contribution is 8.14. The Morgan fingerprint density at radius 3 is 2.68 bits per heavy atom. The van der Waals surface area contributed by atoms with Crippen molar-refractivity contribution < 1.29 is 9.72 Å². The number of amidine groups is 1. The Balaban J connectivity index is 1.80. The largest absolute Gasteiger partial charge is 0.288 e. The number of halogens is 2. The first-order chi connectivity index (χ1) is 13.3. The van der Waals surface area contributed by atoms with Gasteiger partial charge in [-0.15, -0.1) is 0 Å². The van der Waals surface area contributed by atoms with E-state index in [-0.39, 0.29) is 21.9 Å². The molecule has 0 radical (unpaired) electrons. The van der Waals surface area contributed by atoms with Crippen LogP contribution in [0, 0.1) is 10.1 Å². The van der Waals surface area contributed by atoms with Crippen LogP contribution in [0.1, 0.15) is 12.5 Å². The molecule has 1 saturated heterocycles. The molecule has 1 atom stereocenters. The second-order valence-corrected chi connectivity index (χ2v) is 8.30. The van der Waals surface area contributed by atoms with Gasteiger partial charge in [0.15, 0.2) is 5.17 Å². The minimum atomic E-state index is -0.558. The molecule has 0 N–H and O–H groups in total. The lowest BCUT2D eigenvalue weighted by Gasteiger charge is -2.13. The smallest absolute Gasteiger partial charge is 0.287 e. The molecule has 2 aromatic rings. The minimum absolute atomic E-state index is 0.0515. The monoisotopic (exact) mass is 435 g/mol. The number of aliphatic imine (C=N–C) groups is 1. The van der Waals surface area contributed by atoms with Gasteiger partial charge in [-0.2, -0.15) is 0 Å². The molecule has 1 fully saturated rings. The van der Waals surface area contributed by atoms with Crippen LogP contribution in [0.15, 0.2) is 53.5 Å². The Labute approximate surface area is 176 Å². The van der Waals surface area contributed by atoms with E-state index in [9.17, 15) is 14.9 Å². The van der Waals surface area contributed by atoms with Gasteiger partial charge in [-0.1, -0.05) is 48.0 Å². The molecule has 1 heterocycles. The Morgan fingerprint density at radius 2 is 2.00 bits per heavy atom. The van der Waals surface area contributed by atoms with Crippen LogP contribution >= 0.6 is 35.0 Å². The van der Waals surface area contributed by atoms with Crippen molar-refractivity contribution in [1.29, 1.82) is 0 Å². The second-order valence-electron chi connectivity index (χ2n) is 6.05. The van der Waals surface area contributed by atoms with Gasteiger partial charge >= 0.3 is 0 Å². The van der Waals surface area contributed by atoms with Crippen LogP contribution < -0.4 is 0 Å². The molecule has 28 heavy (non-hydrogen) atoms. The maximum Gasteiger partial charge on any atom is 0.288 e. The zero-order chi connectivity index (χ0) is 20.3. The number of hydrogen-bond donors (Lipinski definition) is 0. The van der Waals surface area contributed by atoms with E-state index >= 15 is 0 Å². The summed E-state index contributed by atoms with van der Waals surface area (Å²) >= 11 is 13.2. The predicted molar refractivity (Wildman–Crippen MR) is 114 cm³/mol. The highest BCUT2D eigenvalue weighted by Gasteiger charge is 2.29. The molecule has 2 aromatic carbocycles. The molecule has 1 amide bonds. The normalized spacial score (nSPS) is 18.2. The molecule has 9 heteroatoms. The van der Waals surface area contributed by atoms with Gasteiger partial charge in [-0.3, -0.25) is 19.8 Å². The number of rotatable bonds is 4. The first-order valence-electron chi connectivity index (χ1n) is 8.28. The third-order valence-corrected chi connectivity index (χ3v) is 5.53. The average molecular weight is 436 g/mol. The molecule has 0 saturated carbocycles. The van der Waals surface area contributed by atoms with Crippen LogP contribution in [0.2, 0.25) is 10.0 Å². The number of benzene rings is 2. The van der Waals surface area contributed by atoms with Gasteiger partial charge in [0, 0.05) is 29.0 Å². The highest BCUT2D eigenvalue weighted by Crippen LogP contribution is 2.29. The lowest BCUT2D eigenvalue weighted by molar-refractivity contribution is -0.384. The SMILES string of the molecule is CC1CN(C(=O)C=Cc2ccc(Cl)c([N+](=O)[O-])c2)C(=Nc2ccc(Cl)cc2)S1. The first-order valence-corrected chi connectivity index (χ1v) is 9.91. The van der Waals surface area contributed by atoms with E-state index in [4.69, 9.17) is 23.2 Å². The summed E-state index contributed by atoms with van der Waals surface area (Å²) in [5, 5.41) is 12.5. The molecule has 3 rings (SSSR count). The number of thioether (sulfide) groups is 1. The van der Waals surface area contributed by atoms with Crippen LogP contribution in [-0.2, 0) is 4.79 Å². The molecule has 1 unspecified atom stereocenters. The Morgan fingerprint density at radius 1 is 1.29 bits per heavy atom. The summed E-state index contributed by atoms with van der Waals surface area (Å²) in [5.41, 5.74) is 1.02. The topological polar surface area (TPSA) is 75.8 Å². The molecule has 0 aromatic heterocycles. The van der Waals surface area contributed by atoms with Crippen LogP contribution in [0.3, 0.4) is 0 Å². The standard InChI is InChI=1S/C19H15Cl2N3O3S/c1-12-11-23(19(28-12)22-15-6-4-14(20)5-7-15)18(25)9-3-13-2-8-16(21)17(10-13)24(26)27/h2-10,12H,11H2,1H3. The fraction of sp³-hybridized carbons (Fsp3) is 0.158. The average Bonchev–Trinajstić information content (AvgIpc) is 3.02. The Hall–Kier alpha value is -2.35. The molecule has 0 aliphatic carbocycles. The van der Waals surface area contributed by atoms with Crippen molar-refractivity contribution >= 4 is 63.5 Å². The van der Waals surface area contributed by atoms with Crippen molar-refractivity contribution in [3.8, 4) is 0 Å². The lowest BCUT2D eigenvalue weighted by atomic mass is 10.2. The van der Waals surface area contributed by atoms with Crippen LogP contribution in [0.25, 0.3) is 6.08 Å². The quantitative estimate of drug-likeness (QED) is 0.357. The van der Waals surface area contributed by atoms with E-state index in [0.717, 1.165) is 0 Å². The molecule has 144 valence electrons. The highest BCUT2D eigenvalue weighted by atomic mass is 35.5. The predicted octanol–water partition coefficient (Wildman–Crippen LogP) is 5.57. The van der Waals surface area contributed by atoms with Gasteiger partial charge in [0.1, 0.15) is 5.02 Å². The molecule has 1 aliphatic rings. The molecule has 0 spiro atoms. The fourth-order valence-electron chi connectivity index (χ4n) is 2.54. The van der Waals surface area contributed by atoms with Gasteiger partial charge in [0.2, 0.25) is 0 Å². The van der Waals surface area contributed by atoms with Gasteiger partial charge < -0.3 is 0 Å². The second kappa shape index (κ2) is 8.77. The van der Waals surface area contributed by atoms with E-state index in [0.29, 0.717) is 28.0 Å². The van der Waals surface area contributed by atoms with Gasteiger partial charge in [0.05, 0.1) is 10.6 Å². The van der Waals surface area contributed by atoms with E-state index in [1.165, 1.54) is 36.0 Å². The van der Waals surface area contributed by atoms with Crippen LogP contribution in [0.4, 0.5) is 11.4 Å². The van der Waals surface area contributed by atoms with Crippen molar-refractivity contribution in [2.24, 2.45) is 4.99 Å². The number of carbonyl (C=O) groups excluding carboxylic acids is 1. The number of carbonyl (C=O) groups is 1. The Kier molecular flexibility index (Phi) is 6.39. The number of amides is 1. The molecular formula is C19H15Cl2N3O3S. The van der Waals surface area contributed by atoms with Crippen molar-refractivity contribution in [3.05, 3.63) is 74.3 Å². The van der Waals surface area contributed by atoms with Crippen molar-refractivity contribution in [1.82, 2.24) is 4.90 Å². The number of nitro groups is 1. The summed E-state index contributed by atoms with van der Waals surface area (Å²) in [6.07, 6.45) is 2.90. The summed E-state index contributed by atoms with van der Waals surface area (Å²) in [7, 11) is 0.